The Balaban J connectivity index is 2.08. The second-order valence-electron chi connectivity index (χ2n) is 5.26. The van der Waals surface area contributed by atoms with Gasteiger partial charge in [-0.15, -0.1) is 0 Å². The fourth-order valence-electron chi connectivity index (χ4n) is 2.65. The zero-order valence-corrected chi connectivity index (χ0v) is 12.4. The summed E-state index contributed by atoms with van der Waals surface area (Å²) in [4.78, 5) is 22.7. The third-order valence-electron chi connectivity index (χ3n) is 3.74. The second-order valence-corrected chi connectivity index (χ2v) is 5.26. The van der Waals surface area contributed by atoms with Crippen molar-refractivity contribution in [1.29, 1.82) is 0 Å². The molecule has 0 unspecified atom stereocenters. The van der Waals surface area contributed by atoms with E-state index >= 15 is 0 Å². The number of nitrogens with two attached hydrogens (primary N) is 1. The molecule has 3 aromatic heterocycles. The van der Waals surface area contributed by atoms with E-state index in [0.29, 0.717) is 22.6 Å². The largest absolute Gasteiger partial charge is 0.381 e. The topological polar surface area (TPSA) is 89.1 Å². The van der Waals surface area contributed by atoms with Crippen LogP contribution >= 0.6 is 0 Å². The third kappa shape index (κ3) is 2.23. The predicted molar refractivity (Wildman–Crippen MR) is 88.9 cm³/mol. The zero-order valence-electron chi connectivity index (χ0n) is 12.4. The van der Waals surface area contributed by atoms with Gasteiger partial charge in [-0.3, -0.25) is 9.20 Å². The van der Waals surface area contributed by atoms with E-state index in [0.717, 1.165) is 5.56 Å². The van der Waals surface area contributed by atoms with Gasteiger partial charge in [-0.05, 0) is 30.3 Å². The van der Waals surface area contributed by atoms with Crippen LogP contribution in [0.3, 0.4) is 0 Å². The van der Waals surface area contributed by atoms with Crippen molar-refractivity contribution in [3.63, 3.8) is 0 Å². The highest BCUT2D eigenvalue weighted by Crippen LogP contribution is 2.32. The summed E-state index contributed by atoms with van der Waals surface area (Å²) in [6.45, 7) is 0. The summed E-state index contributed by atoms with van der Waals surface area (Å²) in [5.74, 6) is -0.0616. The molecule has 0 radical (unpaired) electrons. The molecule has 4 aromatic rings. The molecule has 0 fully saturated rings. The van der Waals surface area contributed by atoms with Gasteiger partial charge in [-0.2, -0.15) is 0 Å². The molecule has 0 aliphatic carbocycles. The number of pyridine rings is 1. The predicted octanol–water partition coefficient (Wildman–Crippen LogP) is 2.47. The number of H-pyrrole nitrogens is 1. The zero-order chi connectivity index (χ0) is 16.7. The molecule has 1 aromatic carbocycles. The molecule has 0 aliphatic rings. The molecule has 0 aliphatic heterocycles. The lowest BCUT2D eigenvalue weighted by atomic mass is 10.0. The van der Waals surface area contributed by atoms with E-state index in [1.807, 2.05) is 0 Å². The average molecular weight is 321 g/mol. The number of hydrogen-bond donors (Lipinski definition) is 2. The summed E-state index contributed by atoms with van der Waals surface area (Å²) >= 11 is 0. The summed E-state index contributed by atoms with van der Waals surface area (Å²) < 4.78 is 15.1. The molecule has 7 heteroatoms. The fourth-order valence-corrected chi connectivity index (χ4v) is 2.65. The van der Waals surface area contributed by atoms with Crippen molar-refractivity contribution in [1.82, 2.24) is 19.4 Å². The smallest absolute Gasteiger partial charge is 0.247 e. The molecule has 0 amide bonds. The Morgan fingerprint density at radius 3 is 2.54 bits per heavy atom. The summed E-state index contributed by atoms with van der Waals surface area (Å²) in [5, 5.41) is 0. The highest BCUT2D eigenvalue weighted by atomic mass is 19.1. The van der Waals surface area contributed by atoms with Gasteiger partial charge in [0.2, 0.25) is 5.56 Å². The number of benzene rings is 1. The first kappa shape index (κ1) is 14.1. The van der Waals surface area contributed by atoms with Crippen LogP contribution in [0, 0.1) is 5.82 Å². The number of halogens is 1. The lowest BCUT2D eigenvalue weighted by Gasteiger charge is -2.13. The first-order valence-corrected chi connectivity index (χ1v) is 7.21. The lowest BCUT2D eigenvalue weighted by Crippen LogP contribution is -2.06. The number of rotatable bonds is 2. The van der Waals surface area contributed by atoms with Crippen molar-refractivity contribution in [3.05, 3.63) is 71.2 Å². The number of nitrogen functional groups attached to an aromatic ring is 1. The Bertz CT molecular complexity index is 1080. The number of aromatic amines is 1. The van der Waals surface area contributed by atoms with Gasteiger partial charge in [0.25, 0.3) is 0 Å². The molecule has 3 N–H and O–H groups in total. The molecule has 0 saturated carbocycles. The SMILES string of the molecule is Nc1nc(-c2ccc(F)cc2)c(-c2ccc(=O)[nH]c2)n2ccnc12. The minimum atomic E-state index is -0.332. The third-order valence-corrected chi connectivity index (χ3v) is 3.74. The molecule has 0 atom stereocenters. The Morgan fingerprint density at radius 1 is 1.08 bits per heavy atom. The number of nitrogens with zero attached hydrogens (tertiary/aromatic N) is 3. The van der Waals surface area contributed by atoms with E-state index in [1.54, 1.807) is 41.2 Å². The first-order chi connectivity index (χ1) is 11.6. The van der Waals surface area contributed by atoms with Gasteiger partial charge in [0.05, 0.1) is 11.4 Å². The quantitative estimate of drug-likeness (QED) is 0.593. The number of imidazole rings is 1. The number of anilines is 1. The van der Waals surface area contributed by atoms with E-state index in [2.05, 4.69) is 15.0 Å². The molecule has 0 saturated heterocycles. The highest BCUT2D eigenvalue weighted by Gasteiger charge is 2.16. The summed E-state index contributed by atoms with van der Waals surface area (Å²) in [6, 6.07) is 9.12. The van der Waals surface area contributed by atoms with Crippen molar-refractivity contribution in [3.8, 4) is 22.5 Å². The van der Waals surface area contributed by atoms with Crippen molar-refractivity contribution in [2.24, 2.45) is 0 Å². The maximum absolute atomic E-state index is 13.3. The van der Waals surface area contributed by atoms with Crippen LogP contribution in [-0.2, 0) is 0 Å². The maximum atomic E-state index is 13.3. The Morgan fingerprint density at radius 2 is 1.83 bits per heavy atom. The molecule has 118 valence electrons. The molecule has 6 nitrogen and oxygen atoms in total. The van der Waals surface area contributed by atoms with Gasteiger partial charge < -0.3 is 10.7 Å². The minimum Gasteiger partial charge on any atom is -0.381 e. The van der Waals surface area contributed by atoms with Gasteiger partial charge in [0.15, 0.2) is 11.5 Å². The van der Waals surface area contributed by atoms with Crippen LogP contribution < -0.4 is 11.3 Å². The summed E-state index contributed by atoms with van der Waals surface area (Å²) in [5.41, 5.74) is 9.06. The van der Waals surface area contributed by atoms with Crippen LogP contribution in [0.1, 0.15) is 0 Å². The second kappa shape index (κ2) is 5.31. The van der Waals surface area contributed by atoms with E-state index < -0.39 is 0 Å². The van der Waals surface area contributed by atoms with E-state index in [-0.39, 0.29) is 17.2 Å². The summed E-state index contributed by atoms with van der Waals surface area (Å²) in [7, 11) is 0. The van der Waals surface area contributed by atoms with Crippen LogP contribution in [-0.4, -0.2) is 19.4 Å². The van der Waals surface area contributed by atoms with E-state index in [4.69, 9.17) is 5.73 Å². The normalized spacial score (nSPS) is 11.0. The van der Waals surface area contributed by atoms with Crippen LogP contribution in [0.25, 0.3) is 28.2 Å². The average Bonchev–Trinajstić information content (AvgIpc) is 3.07. The van der Waals surface area contributed by atoms with Gasteiger partial charge >= 0.3 is 0 Å². The maximum Gasteiger partial charge on any atom is 0.247 e. The number of fused-ring (bicyclic) bond motifs is 1. The molecule has 24 heavy (non-hydrogen) atoms. The number of hydrogen-bond acceptors (Lipinski definition) is 4. The highest BCUT2D eigenvalue weighted by molar-refractivity contribution is 5.82. The lowest BCUT2D eigenvalue weighted by molar-refractivity contribution is 0.628. The Labute approximate surface area is 135 Å². The molecular formula is C17H12FN5O. The van der Waals surface area contributed by atoms with Crippen LogP contribution in [0.2, 0.25) is 0 Å². The van der Waals surface area contributed by atoms with Crippen molar-refractivity contribution in [2.45, 2.75) is 0 Å². The first-order valence-electron chi connectivity index (χ1n) is 7.21. The molecule has 0 spiro atoms. The van der Waals surface area contributed by atoms with Crippen LogP contribution in [0.4, 0.5) is 10.2 Å². The van der Waals surface area contributed by atoms with Crippen molar-refractivity contribution >= 4 is 11.5 Å². The summed E-state index contributed by atoms with van der Waals surface area (Å²) in [6.07, 6.45) is 4.99. The van der Waals surface area contributed by atoms with Gasteiger partial charge in [0.1, 0.15) is 5.82 Å². The Kier molecular flexibility index (Phi) is 3.13. The monoisotopic (exact) mass is 321 g/mol. The number of nitrogens with one attached hydrogen (secondary N) is 1. The van der Waals surface area contributed by atoms with Crippen molar-refractivity contribution in [2.75, 3.05) is 5.73 Å². The van der Waals surface area contributed by atoms with E-state index in [1.165, 1.54) is 18.2 Å². The van der Waals surface area contributed by atoms with Crippen LogP contribution in [0.5, 0.6) is 0 Å². The standard InChI is InChI=1S/C17H12FN5O/c18-12-4-1-10(2-5-12)14-15(11-3-6-13(24)21-9-11)23-8-7-20-17(23)16(19)22-14/h1-9H,(H2,19,22)(H,21,24). The van der Waals surface area contributed by atoms with Crippen molar-refractivity contribution < 1.29 is 4.39 Å². The molecule has 0 bridgehead atoms. The molecule has 4 rings (SSSR count). The van der Waals surface area contributed by atoms with Gasteiger partial charge in [-0.25, -0.2) is 14.4 Å². The number of aromatic nitrogens is 4. The fraction of sp³-hybridized carbons (Fsp3) is 0. The minimum absolute atomic E-state index is 0.202. The van der Waals surface area contributed by atoms with Gasteiger partial charge in [0, 0.05) is 35.8 Å². The van der Waals surface area contributed by atoms with Crippen LogP contribution in [0.15, 0.2) is 59.8 Å². The van der Waals surface area contributed by atoms with E-state index in [9.17, 15) is 9.18 Å². The van der Waals surface area contributed by atoms with Gasteiger partial charge in [-0.1, -0.05) is 0 Å². The Hall–Kier alpha value is -3.48. The molecular weight excluding hydrogens is 309 g/mol. The molecule has 3 heterocycles.